The molecule has 0 aromatic heterocycles. The van der Waals surface area contributed by atoms with Gasteiger partial charge in [0.15, 0.2) is 12.6 Å². The first-order valence-corrected chi connectivity index (χ1v) is 9.59. The van der Waals surface area contributed by atoms with E-state index >= 15 is 0 Å². The molecule has 2 aromatic carbocycles. The van der Waals surface area contributed by atoms with Gasteiger partial charge in [-0.2, -0.15) is 0 Å². The third-order valence-corrected chi connectivity index (χ3v) is 5.04. The lowest BCUT2D eigenvalue weighted by atomic mass is 9.97. The van der Waals surface area contributed by atoms with E-state index in [1.165, 1.54) is 18.2 Å². The standard InChI is InChI=1S/C22H28FN3O2/c1-5-15(2)19-11-6-7-12-20(19)25-22(28)16(3)26(4)14-21(27)24-18-10-8-9-17(23)13-18/h6-13,15-16H,5,14H2,1-4H3,(H,24,27)(H,25,28)/p+1/t15-,16-/m0/s1. The molecule has 0 spiro atoms. The normalized spacial score (nSPS) is 14.0. The summed E-state index contributed by atoms with van der Waals surface area (Å²) < 4.78 is 13.2. The van der Waals surface area contributed by atoms with Crippen LogP contribution >= 0.6 is 0 Å². The highest BCUT2D eigenvalue weighted by molar-refractivity contribution is 5.95. The number of likely N-dealkylation sites (N-methyl/N-ethyl adjacent to an activating group) is 1. The van der Waals surface area contributed by atoms with Crippen LogP contribution in [0.1, 0.15) is 38.7 Å². The molecule has 0 bridgehead atoms. The van der Waals surface area contributed by atoms with E-state index in [9.17, 15) is 14.0 Å². The van der Waals surface area contributed by atoms with Crippen molar-refractivity contribution in [2.75, 3.05) is 24.2 Å². The number of quaternary nitrogens is 1. The van der Waals surface area contributed by atoms with Crippen molar-refractivity contribution in [1.29, 1.82) is 0 Å². The van der Waals surface area contributed by atoms with E-state index in [0.717, 1.165) is 22.6 Å². The number of hydrogen-bond donors (Lipinski definition) is 3. The summed E-state index contributed by atoms with van der Waals surface area (Å²) in [5, 5.41) is 5.65. The molecule has 0 aliphatic carbocycles. The molecule has 3 N–H and O–H groups in total. The van der Waals surface area contributed by atoms with E-state index in [0.29, 0.717) is 11.6 Å². The molecule has 5 nitrogen and oxygen atoms in total. The molecule has 2 rings (SSSR count). The van der Waals surface area contributed by atoms with E-state index in [-0.39, 0.29) is 18.4 Å². The van der Waals surface area contributed by atoms with E-state index in [1.54, 1.807) is 20.0 Å². The Bertz CT molecular complexity index is 825. The van der Waals surface area contributed by atoms with Gasteiger partial charge in [0.05, 0.1) is 7.05 Å². The minimum absolute atomic E-state index is 0.0953. The van der Waals surface area contributed by atoms with Crippen LogP contribution < -0.4 is 15.5 Å². The highest BCUT2D eigenvalue weighted by Gasteiger charge is 2.25. The van der Waals surface area contributed by atoms with Crippen molar-refractivity contribution in [2.24, 2.45) is 0 Å². The average Bonchev–Trinajstić information content (AvgIpc) is 2.67. The first-order chi connectivity index (χ1) is 13.3. The fourth-order valence-corrected chi connectivity index (χ4v) is 2.90. The zero-order valence-electron chi connectivity index (χ0n) is 16.9. The van der Waals surface area contributed by atoms with Crippen LogP contribution in [0.2, 0.25) is 0 Å². The van der Waals surface area contributed by atoms with Crippen LogP contribution in [0.4, 0.5) is 15.8 Å². The second-order valence-electron chi connectivity index (χ2n) is 7.19. The molecule has 0 fully saturated rings. The minimum atomic E-state index is -0.428. The lowest BCUT2D eigenvalue weighted by molar-refractivity contribution is -0.885. The molecule has 0 heterocycles. The smallest absolute Gasteiger partial charge is 0.282 e. The lowest BCUT2D eigenvalue weighted by Crippen LogP contribution is -3.14. The van der Waals surface area contributed by atoms with Crippen molar-refractivity contribution in [2.45, 2.75) is 39.2 Å². The molecule has 0 saturated carbocycles. The number of carbonyl (C=O) groups is 2. The summed E-state index contributed by atoms with van der Waals surface area (Å²) in [6, 6.07) is 13.1. The zero-order valence-corrected chi connectivity index (χ0v) is 16.9. The summed E-state index contributed by atoms with van der Waals surface area (Å²) in [7, 11) is 1.79. The summed E-state index contributed by atoms with van der Waals surface area (Å²) in [5.74, 6) is -0.491. The average molecular weight is 386 g/mol. The number of rotatable bonds is 8. The predicted octanol–water partition coefficient (Wildman–Crippen LogP) is 2.82. The Kier molecular flexibility index (Phi) is 7.70. The maximum absolute atomic E-state index is 13.2. The van der Waals surface area contributed by atoms with Crippen LogP contribution in [0.5, 0.6) is 0 Å². The van der Waals surface area contributed by atoms with Crippen LogP contribution in [-0.4, -0.2) is 31.4 Å². The molecular formula is C22H29FN3O2+. The van der Waals surface area contributed by atoms with Crippen LogP contribution in [0.3, 0.4) is 0 Å². The first kappa shape index (κ1) is 21.6. The fraction of sp³-hybridized carbons (Fsp3) is 0.364. The number of nitrogens with one attached hydrogen (secondary N) is 3. The molecule has 2 aromatic rings. The van der Waals surface area contributed by atoms with Crippen LogP contribution in [0.15, 0.2) is 48.5 Å². The highest BCUT2D eigenvalue weighted by Crippen LogP contribution is 2.26. The summed E-state index contributed by atoms with van der Waals surface area (Å²) in [6.45, 7) is 6.12. The molecule has 1 unspecified atom stereocenters. The molecule has 6 heteroatoms. The Morgan fingerprint density at radius 1 is 1.07 bits per heavy atom. The molecule has 2 amide bonds. The Morgan fingerprint density at radius 2 is 1.79 bits per heavy atom. The number of hydrogen-bond acceptors (Lipinski definition) is 2. The topological polar surface area (TPSA) is 62.6 Å². The third-order valence-electron chi connectivity index (χ3n) is 5.04. The van der Waals surface area contributed by atoms with Crippen molar-refractivity contribution in [3.05, 3.63) is 59.9 Å². The van der Waals surface area contributed by atoms with E-state index in [2.05, 4.69) is 24.5 Å². The minimum Gasteiger partial charge on any atom is -0.321 e. The predicted molar refractivity (Wildman–Crippen MR) is 110 cm³/mol. The Labute approximate surface area is 165 Å². The molecule has 0 aliphatic heterocycles. The maximum Gasteiger partial charge on any atom is 0.282 e. The van der Waals surface area contributed by atoms with Crippen molar-refractivity contribution < 1.29 is 18.9 Å². The summed E-state index contributed by atoms with van der Waals surface area (Å²) in [5.41, 5.74) is 2.31. The van der Waals surface area contributed by atoms with Crippen molar-refractivity contribution in [3.8, 4) is 0 Å². The molecular weight excluding hydrogens is 357 g/mol. The fourth-order valence-electron chi connectivity index (χ4n) is 2.90. The van der Waals surface area contributed by atoms with Crippen molar-refractivity contribution in [3.63, 3.8) is 0 Å². The quantitative estimate of drug-likeness (QED) is 0.653. The van der Waals surface area contributed by atoms with Crippen LogP contribution in [0, 0.1) is 5.82 Å². The number of halogens is 1. The van der Waals surface area contributed by atoms with Gasteiger partial charge < -0.3 is 15.5 Å². The molecule has 0 aliphatic rings. The molecule has 150 valence electrons. The number of amides is 2. The van der Waals surface area contributed by atoms with Gasteiger partial charge >= 0.3 is 0 Å². The van der Waals surface area contributed by atoms with E-state index in [1.807, 2.05) is 24.3 Å². The lowest BCUT2D eigenvalue weighted by Gasteiger charge is -2.22. The Morgan fingerprint density at radius 3 is 2.46 bits per heavy atom. The van der Waals surface area contributed by atoms with Gasteiger partial charge in [0.25, 0.3) is 11.8 Å². The second-order valence-corrected chi connectivity index (χ2v) is 7.19. The second kappa shape index (κ2) is 9.99. The molecule has 3 atom stereocenters. The number of anilines is 2. The molecule has 28 heavy (non-hydrogen) atoms. The van der Waals surface area contributed by atoms with Gasteiger partial charge in [-0.3, -0.25) is 9.59 Å². The number of para-hydroxylation sites is 1. The highest BCUT2D eigenvalue weighted by atomic mass is 19.1. The monoisotopic (exact) mass is 386 g/mol. The van der Waals surface area contributed by atoms with E-state index < -0.39 is 11.9 Å². The van der Waals surface area contributed by atoms with Gasteiger partial charge in [0.1, 0.15) is 5.82 Å². The maximum atomic E-state index is 13.2. The largest absolute Gasteiger partial charge is 0.321 e. The first-order valence-electron chi connectivity index (χ1n) is 9.59. The molecule has 0 radical (unpaired) electrons. The van der Waals surface area contributed by atoms with Gasteiger partial charge in [-0.1, -0.05) is 38.1 Å². The van der Waals surface area contributed by atoms with Crippen LogP contribution in [0.25, 0.3) is 0 Å². The Hall–Kier alpha value is -2.73. The molecule has 0 saturated heterocycles. The summed E-state index contributed by atoms with van der Waals surface area (Å²) in [6.07, 6.45) is 0.980. The van der Waals surface area contributed by atoms with Gasteiger partial charge in [-0.15, -0.1) is 0 Å². The van der Waals surface area contributed by atoms with Crippen molar-refractivity contribution in [1.82, 2.24) is 0 Å². The van der Waals surface area contributed by atoms with Gasteiger partial charge in [-0.05, 0) is 49.1 Å². The van der Waals surface area contributed by atoms with E-state index in [4.69, 9.17) is 0 Å². The summed E-state index contributed by atoms with van der Waals surface area (Å²) in [4.78, 5) is 25.6. The number of carbonyl (C=O) groups excluding carboxylic acids is 2. The zero-order chi connectivity index (χ0) is 20.7. The summed E-state index contributed by atoms with van der Waals surface area (Å²) >= 11 is 0. The van der Waals surface area contributed by atoms with Gasteiger partial charge in [0.2, 0.25) is 0 Å². The SMILES string of the molecule is CC[C@H](C)c1ccccc1NC(=O)[C@H](C)[NH+](C)CC(=O)Nc1cccc(F)c1. The van der Waals surface area contributed by atoms with Crippen molar-refractivity contribution >= 4 is 23.2 Å². The third kappa shape index (κ3) is 5.89. The number of benzene rings is 2. The van der Waals surface area contributed by atoms with Gasteiger partial charge in [0, 0.05) is 11.4 Å². The van der Waals surface area contributed by atoms with Gasteiger partial charge in [-0.25, -0.2) is 4.39 Å². The Balaban J connectivity index is 1.96. The van der Waals surface area contributed by atoms with Crippen LogP contribution in [-0.2, 0) is 9.59 Å².